The molecule has 20 heavy (non-hydrogen) atoms. The fourth-order valence-corrected chi connectivity index (χ4v) is 3.75. The first kappa shape index (κ1) is 15.3. The largest absolute Gasteiger partial charge is 0.343 e. The third-order valence-corrected chi connectivity index (χ3v) is 4.86. The summed E-state index contributed by atoms with van der Waals surface area (Å²) in [6.07, 6.45) is 7.21. The molecule has 2 rings (SSSR count). The highest BCUT2D eigenvalue weighted by Crippen LogP contribution is 2.31. The van der Waals surface area contributed by atoms with Crippen molar-refractivity contribution in [2.75, 3.05) is 6.54 Å². The SMILES string of the molecule is CCC(C1CCCCC1)N1CC(=O)NC(C(C)C)C1=O. The molecule has 2 atom stereocenters. The van der Waals surface area contributed by atoms with Crippen LogP contribution in [0.1, 0.15) is 59.3 Å². The number of rotatable bonds is 4. The third kappa shape index (κ3) is 3.15. The fourth-order valence-electron chi connectivity index (χ4n) is 3.75. The van der Waals surface area contributed by atoms with E-state index in [4.69, 9.17) is 0 Å². The van der Waals surface area contributed by atoms with Crippen molar-refractivity contribution >= 4 is 11.8 Å². The normalized spacial score (nSPS) is 26.8. The Labute approximate surface area is 122 Å². The molecule has 1 aliphatic heterocycles. The van der Waals surface area contributed by atoms with Gasteiger partial charge in [-0.25, -0.2) is 0 Å². The van der Waals surface area contributed by atoms with Gasteiger partial charge >= 0.3 is 0 Å². The second kappa shape index (κ2) is 6.59. The minimum Gasteiger partial charge on any atom is -0.343 e. The molecule has 4 heteroatoms. The molecule has 2 unspecified atom stereocenters. The second-order valence-corrected chi connectivity index (χ2v) is 6.63. The summed E-state index contributed by atoms with van der Waals surface area (Å²) in [6.45, 7) is 6.38. The molecule has 0 aromatic carbocycles. The molecular formula is C16H28N2O2. The van der Waals surface area contributed by atoms with Gasteiger partial charge in [0, 0.05) is 6.04 Å². The average molecular weight is 280 g/mol. The van der Waals surface area contributed by atoms with E-state index in [2.05, 4.69) is 12.2 Å². The van der Waals surface area contributed by atoms with Crippen LogP contribution in [0.5, 0.6) is 0 Å². The summed E-state index contributed by atoms with van der Waals surface area (Å²) in [6, 6.07) is -0.0935. The Morgan fingerprint density at radius 3 is 2.40 bits per heavy atom. The number of hydrogen-bond donors (Lipinski definition) is 1. The van der Waals surface area contributed by atoms with E-state index in [-0.39, 0.29) is 36.4 Å². The van der Waals surface area contributed by atoms with Crippen molar-refractivity contribution in [2.45, 2.75) is 71.4 Å². The quantitative estimate of drug-likeness (QED) is 0.859. The molecule has 1 saturated carbocycles. The Bertz CT molecular complexity index is 361. The second-order valence-electron chi connectivity index (χ2n) is 6.63. The van der Waals surface area contributed by atoms with Crippen molar-refractivity contribution in [2.24, 2.45) is 11.8 Å². The molecule has 2 aliphatic rings. The van der Waals surface area contributed by atoms with Gasteiger partial charge in [0.05, 0.1) is 6.54 Å². The zero-order chi connectivity index (χ0) is 14.7. The third-order valence-electron chi connectivity index (χ3n) is 4.86. The van der Waals surface area contributed by atoms with Crippen LogP contribution in [-0.4, -0.2) is 35.3 Å². The van der Waals surface area contributed by atoms with Gasteiger partial charge in [-0.15, -0.1) is 0 Å². The van der Waals surface area contributed by atoms with Crippen molar-refractivity contribution < 1.29 is 9.59 Å². The lowest BCUT2D eigenvalue weighted by molar-refractivity contribution is -0.149. The number of hydrogen-bond acceptors (Lipinski definition) is 2. The molecule has 1 aliphatic carbocycles. The molecular weight excluding hydrogens is 252 g/mol. The molecule has 2 fully saturated rings. The van der Waals surface area contributed by atoms with Gasteiger partial charge in [0.25, 0.3) is 0 Å². The summed E-state index contributed by atoms with van der Waals surface area (Å²) in [5.74, 6) is 0.851. The van der Waals surface area contributed by atoms with Gasteiger partial charge < -0.3 is 10.2 Å². The minimum atomic E-state index is -0.339. The molecule has 2 amide bonds. The first-order valence-electron chi connectivity index (χ1n) is 8.14. The predicted octanol–water partition coefficient (Wildman–Crippen LogP) is 2.33. The molecule has 1 heterocycles. The van der Waals surface area contributed by atoms with Crippen LogP contribution in [0.25, 0.3) is 0 Å². The summed E-state index contributed by atoms with van der Waals surface area (Å²) in [5, 5.41) is 2.85. The number of carbonyl (C=O) groups is 2. The zero-order valence-electron chi connectivity index (χ0n) is 13.0. The number of carbonyl (C=O) groups excluding carboxylic acids is 2. The van der Waals surface area contributed by atoms with Crippen LogP contribution in [0.4, 0.5) is 0 Å². The van der Waals surface area contributed by atoms with E-state index in [1.54, 1.807) is 0 Å². The van der Waals surface area contributed by atoms with Gasteiger partial charge in [-0.2, -0.15) is 0 Å². The van der Waals surface area contributed by atoms with Gasteiger partial charge in [-0.1, -0.05) is 40.0 Å². The maximum atomic E-state index is 12.7. The highest BCUT2D eigenvalue weighted by molar-refractivity contribution is 5.95. The maximum absolute atomic E-state index is 12.7. The molecule has 4 nitrogen and oxygen atoms in total. The van der Waals surface area contributed by atoms with E-state index < -0.39 is 0 Å². The monoisotopic (exact) mass is 280 g/mol. The lowest BCUT2D eigenvalue weighted by Crippen LogP contribution is -2.63. The van der Waals surface area contributed by atoms with Crippen LogP contribution in [0.2, 0.25) is 0 Å². The summed E-state index contributed by atoms with van der Waals surface area (Å²) < 4.78 is 0. The van der Waals surface area contributed by atoms with Crippen LogP contribution in [0.3, 0.4) is 0 Å². The van der Waals surface area contributed by atoms with E-state index in [0.29, 0.717) is 5.92 Å². The van der Waals surface area contributed by atoms with E-state index in [1.807, 2.05) is 18.7 Å². The smallest absolute Gasteiger partial charge is 0.246 e. The summed E-state index contributed by atoms with van der Waals surface area (Å²) in [5.41, 5.74) is 0. The van der Waals surface area contributed by atoms with Gasteiger partial charge in [0.2, 0.25) is 11.8 Å². The molecule has 1 saturated heterocycles. The lowest BCUT2D eigenvalue weighted by atomic mass is 9.81. The number of piperazine rings is 1. The van der Waals surface area contributed by atoms with Gasteiger partial charge in [0.15, 0.2) is 0 Å². The molecule has 1 N–H and O–H groups in total. The molecule has 0 bridgehead atoms. The number of nitrogens with one attached hydrogen (secondary N) is 1. The Morgan fingerprint density at radius 2 is 1.85 bits per heavy atom. The van der Waals surface area contributed by atoms with Crippen molar-refractivity contribution in [3.63, 3.8) is 0 Å². The average Bonchev–Trinajstić information content (AvgIpc) is 2.44. The minimum absolute atomic E-state index is 0.00226. The number of nitrogens with zero attached hydrogens (tertiary/aromatic N) is 1. The Hall–Kier alpha value is -1.06. The number of amides is 2. The predicted molar refractivity (Wildman–Crippen MR) is 79.1 cm³/mol. The topological polar surface area (TPSA) is 49.4 Å². The summed E-state index contributed by atoms with van der Waals surface area (Å²) >= 11 is 0. The van der Waals surface area contributed by atoms with Crippen LogP contribution in [0, 0.1) is 11.8 Å². The van der Waals surface area contributed by atoms with Crippen LogP contribution in [0.15, 0.2) is 0 Å². The Morgan fingerprint density at radius 1 is 1.20 bits per heavy atom. The van der Waals surface area contributed by atoms with Crippen molar-refractivity contribution in [1.29, 1.82) is 0 Å². The van der Waals surface area contributed by atoms with E-state index >= 15 is 0 Å². The van der Waals surface area contributed by atoms with E-state index in [9.17, 15) is 9.59 Å². The molecule has 0 radical (unpaired) electrons. The first-order chi connectivity index (χ1) is 9.54. The standard InChI is InChI=1S/C16H28N2O2/c1-4-13(12-8-6-5-7-9-12)18-10-14(19)17-15(11(2)3)16(18)20/h11-13,15H,4-10H2,1-3H3,(H,17,19). The highest BCUT2D eigenvalue weighted by atomic mass is 16.2. The van der Waals surface area contributed by atoms with E-state index in [1.165, 1.54) is 32.1 Å². The van der Waals surface area contributed by atoms with E-state index in [0.717, 1.165) is 6.42 Å². The lowest BCUT2D eigenvalue weighted by Gasteiger charge is -2.43. The fraction of sp³-hybridized carbons (Fsp3) is 0.875. The maximum Gasteiger partial charge on any atom is 0.246 e. The van der Waals surface area contributed by atoms with Gasteiger partial charge in [-0.3, -0.25) is 9.59 Å². The Kier molecular flexibility index (Phi) is 5.06. The van der Waals surface area contributed by atoms with Gasteiger partial charge in [0.1, 0.15) is 6.04 Å². The van der Waals surface area contributed by atoms with Crippen molar-refractivity contribution in [3.05, 3.63) is 0 Å². The van der Waals surface area contributed by atoms with Crippen LogP contribution in [-0.2, 0) is 9.59 Å². The van der Waals surface area contributed by atoms with Gasteiger partial charge in [-0.05, 0) is 31.1 Å². The summed E-state index contributed by atoms with van der Waals surface area (Å²) in [7, 11) is 0. The first-order valence-corrected chi connectivity index (χ1v) is 8.14. The molecule has 0 spiro atoms. The Balaban J connectivity index is 2.14. The molecule has 0 aromatic heterocycles. The van der Waals surface area contributed by atoms with Crippen molar-refractivity contribution in [1.82, 2.24) is 10.2 Å². The van der Waals surface area contributed by atoms with Crippen LogP contribution < -0.4 is 5.32 Å². The van der Waals surface area contributed by atoms with Crippen LogP contribution >= 0.6 is 0 Å². The summed E-state index contributed by atoms with van der Waals surface area (Å²) in [4.78, 5) is 26.5. The zero-order valence-corrected chi connectivity index (χ0v) is 13.0. The molecule has 114 valence electrons. The highest BCUT2D eigenvalue weighted by Gasteiger charge is 2.39. The van der Waals surface area contributed by atoms with Crippen molar-refractivity contribution in [3.8, 4) is 0 Å². The molecule has 0 aromatic rings.